The van der Waals surface area contributed by atoms with Gasteiger partial charge in [-0.05, 0) is 49.6 Å². The van der Waals surface area contributed by atoms with Gasteiger partial charge in [-0.1, -0.05) is 6.92 Å². The summed E-state index contributed by atoms with van der Waals surface area (Å²) in [5.41, 5.74) is -1.38. The topological polar surface area (TPSA) is 102 Å². The van der Waals surface area contributed by atoms with Gasteiger partial charge in [-0.2, -0.15) is 26.3 Å². The third-order valence-electron chi connectivity index (χ3n) is 8.00. The molecule has 1 fully saturated rings. The summed E-state index contributed by atoms with van der Waals surface area (Å²) in [5, 5.41) is 3.25. The summed E-state index contributed by atoms with van der Waals surface area (Å²) in [6.45, 7) is 5.42. The van der Waals surface area contributed by atoms with E-state index in [2.05, 4.69) is 20.3 Å². The van der Waals surface area contributed by atoms with Crippen molar-refractivity contribution in [3.05, 3.63) is 64.6 Å². The van der Waals surface area contributed by atoms with E-state index in [1.54, 1.807) is 24.0 Å². The molecule has 17 heteroatoms. The summed E-state index contributed by atoms with van der Waals surface area (Å²) in [5.74, 6) is 0.378. The highest BCUT2D eigenvalue weighted by Gasteiger charge is 2.39. The zero-order chi connectivity index (χ0) is 33.9. The van der Waals surface area contributed by atoms with Gasteiger partial charge in [-0.3, -0.25) is 4.90 Å². The number of aromatic nitrogens is 3. The Morgan fingerprint density at radius 2 is 1.67 bits per heavy atom. The molecule has 1 amide bonds. The van der Waals surface area contributed by atoms with Gasteiger partial charge in [0, 0.05) is 31.6 Å². The molecule has 0 unspecified atom stereocenters. The third-order valence-corrected chi connectivity index (χ3v) is 8.00. The molecule has 0 saturated carbocycles. The molecule has 0 spiro atoms. The van der Waals surface area contributed by atoms with Gasteiger partial charge >= 0.3 is 18.4 Å². The van der Waals surface area contributed by atoms with Crippen molar-refractivity contribution >= 4 is 35.8 Å². The number of ether oxygens (including phenoxy) is 3. The second-order valence-corrected chi connectivity index (χ2v) is 11.0. The Labute approximate surface area is 279 Å². The first-order chi connectivity index (χ1) is 22.3. The van der Waals surface area contributed by atoms with Crippen LogP contribution in [0.2, 0.25) is 0 Å². The van der Waals surface area contributed by atoms with Crippen molar-refractivity contribution in [3.8, 4) is 5.88 Å². The lowest BCUT2D eigenvalue weighted by molar-refractivity contribution is -0.143. The van der Waals surface area contributed by atoms with Crippen LogP contribution >= 0.6 is 12.4 Å². The molecule has 1 saturated heterocycles. The molecule has 4 heterocycles. The van der Waals surface area contributed by atoms with E-state index in [0.717, 1.165) is 0 Å². The standard InChI is InChI=1S/C31H34F6N6O4.ClH/c1-4-21-16-23(27-24(6-7-26(41-27)45-3)43(21)29(44)47-5-2)40-28-38-17-25(42-8-10-46-11-9-42)22(39-28)14-18-12-19(30(32,33)34)15-20(13-18)31(35,36)37;/h6-7,12-13,15,17,21,23H,4-5,8-11,14,16H2,1-3H3,(H,38,39,40);1H/t21-,23+;/m1./s1. The van der Waals surface area contributed by atoms with Crippen molar-refractivity contribution in [1.82, 2.24) is 15.0 Å². The highest BCUT2D eigenvalue weighted by Crippen LogP contribution is 2.41. The molecule has 0 radical (unpaired) electrons. The van der Waals surface area contributed by atoms with Crippen LogP contribution in [0.1, 0.15) is 60.8 Å². The van der Waals surface area contributed by atoms with E-state index in [1.807, 2.05) is 11.8 Å². The first-order valence-electron chi connectivity index (χ1n) is 15.1. The Morgan fingerprint density at radius 1 is 1.00 bits per heavy atom. The largest absolute Gasteiger partial charge is 0.481 e. The number of halogens is 7. The Balaban J connectivity index is 0.00000520. The van der Waals surface area contributed by atoms with Crippen molar-refractivity contribution in [3.63, 3.8) is 0 Å². The van der Waals surface area contributed by atoms with E-state index in [0.29, 0.717) is 74.2 Å². The average molecular weight is 705 g/mol. The smallest absolute Gasteiger partial charge is 0.416 e. The zero-order valence-electron chi connectivity index (χ0n) is 26.3. The van der Waals surface area contributed by atoms with Crippen molar-refractivity contribution < 1.29 is 45.3 Å². The second-order valence-electron chi connectivity index (χ2n) is 11.0. The van der Waals surface area contributed by atoms with Gasteiger partial charge < -0.3 is 24.4 Å². The van der Waals surface area contributed by atoms with E-state index >= 15 is 0 Å². The number of morpholine rings is 1. The van der Waals surface area contributed by atoms with Crippen LogP contribution in [0.5, 0.6) is 5.88 Å². The SMILES string of the molecule is CCOC(=O)N1c2ccc(OC)nc2[C@@H](Nc2ncc(N3CCOCC3)c(Cc3cc(C(F)(F)F)cc(C(F)(F)F)c3)n2)C[C@H]1CC.Cl. The van der Waals surface area contributed by atoms with Crippen LogP contribution in [0, 0.1) is 0 Å². The third kappa shape index (κ3) is 8.14. The molecule has 2 aliphatic rings. The number of methoxy groups -OCH3 is 1. The molecule has 262 valence electrons. The monoisotopic (exact) mass is 704 g/mol. The van der Waals surface area contributed by atoms with Crippen LogP contribution < -0.4 is 19.9 Å². The maximum Gasteiger partial charge on any atom is 0.416 e. The molecule has 0 aliphatic carbocycles. The van der Waals surface area contributed by atoms with Crippen molar-refractivity contribution in [2.45, 2.75) is 57.5 Å². The van der Waals surface area contributed by atoms with Crippen LogP contribution in [-0.2, 0) is 28.2 Å². The van der Waals surface area contributed by atoms with Crippen molar-refractivity contribution in [2.75, 3.05) is 55.1 Å². The van der Waals surface area contributed by atoms with Gasteiger partial charge in [0.25, 0.3) is 0 Å². The number of nitrogens with zero attached hydrogens (tertiary/aromatic N) is 5. The summed E-state index contributed by atoms with van der Waals surface area (Å²) in [6, 6.07) is 4.00. The lowest BCUT2D eigenvalue weighted by Crippen LogP contribution is -2.46. The fourth-order valence-electron chi connectivity index (χ4n) is 5.77. The van der Waals surface area contributed by atoms with Gasteiger partial charge in [0.2, 0.25) is 11.8 Å². The fourth-order valence-corrected chi connectivity index (χ4v) is 5.77. The number of fused-ring (bicyclic) bond motifs is 1. The van der Waals surface area contributed by atoms with Gasteiger partial charge in [0.05, 0.1) is 73.1 Å². The van der Waals surface area contributed by atoms with Gasteiger partial charge in [-0.25, -0.2) is 19.7 Å². The van der Waals surface area contributed by atoms with Crippen LogP contribution in [0.4, 0.5) is 48.5 Å². The van der Waals surface area contributed by atoms with Gasteiger partial charge in [0.15, 0.2) is 0 Å². The molecule has 48 heavy (non-hydrogen) atoms. The Bertz CT molecular complexity index is 1560. The van der Waals surface area contributed by atoms with Crippen LogP contribution in [0.15, 0.2) is 36.5 Å². The summed E-state index contributed by atoms with van der Waals surface area (Å²) < 4.78 is 98.0. The van der Waals surface area contributed by atoms with Crippen LogP contribution in [-0.4, -0.2) is 67.1 Å². The molecule has 1 N–H and O–H groups in total. The fraction of sp³-hybridized carbons (Fsp3) is 0.484. The normalized spacial score (nSPS) is 18.1. The molecular weight excluding hydrogens is 670 g/mol. The number of hydrogen-bond donors (Lipinski definition) is 1. The van der Waals surface area contributed by atoms with E-state index in [9.17, 15) is 31.1 Å². The van der Waals surface area contributed by atoms with E-state index < -0.39 is 35.6 Å². The predicted molar refractivity (Wildman–Crippen MR) is 167 cm³/mol. The van der Waals surface area contributed by atoms with Crippen molar-refractivity contribution in [1.29, 1.82) is 0 Å². The second kappa shape index (κ2) is 15.0. The average Bonchev–Trinajstić information content (AvgIpc) is 3.04. The van der Waals surface area contributed by atoms with Crippen molar-refractivity contribution in [2.24, 2.45) is 0 Å². The number of anilines is 3. The molecule has 2 atom stereocenters. The molecule has 2 aliphatic heterocycles. The highest BCUT2D eigenvalue weighted by molar-refractivity contribution is 5.90. The number of carbonyl (C=O) groups excluding carboxylic acids is 1. The van der Waals surface area contributed by atoms with Crippen LogP contribution in [0.25, 0.3) is 0 Å². The maximum atomic E-state index is 13.7. The number of pyridine rings is 1. The summed E-state index contributed by atoms with van der Waals surface area (Å²) in [7, 11) is 1.45. The highest BCUT2D eigenvalue weighted by atomic mass is 35.5. The number of hydrogen-bond acceptors (Lipinski definition) is 9. The molecule has 2 aromatic heterocycles. The molecule has 1 aromatic carbocycles. The first kappa shape index (κ1) is 36.8. The van der Waals surface area contributed by atoms with E-state index in [-0.39, 0.29) is 54.7 Å². The Morgan fingerprint density at radius 3 is 2.25 bits per heavy atom. The molecule has 3 aromatic rings. The van der Waals surface area contributed by atoms with Gasteiger partial charge in [0.1, 0.15) is 0 Å². The van der Waals surface area contributed by atoms with Gasteiger partial charge in [-0.15, -0.1) is 12.4 Å². The first-order valence-corrected chi connectivity index (χ1v) is 15.1. The van der Waals surface area contributed by atoms with Crippen LogP contribution in [0.3, 0.4) is 0 Å². The number of rotatable bonds is 8. The number of amides is 1. The Kier molecular flexibility index (Phi) is 11.5. The minimum Gasteiger partial charge on any atom is -0.481 e. The van der Waals surface area contributed by atoms with E-state index in [1.165, 1.54) is 13.3 Å². The number of alkyl halides is 6. The zero-order valence-corrected chi connectivity index (χ0v) is 27.1. The number of nitrogens with one attached hydrogen (secondary N) is 1. The summed E-state index contributed by atoms with van der Waals surface area (Å²) in [6.07, 6.45) is -8.40. The number of carbonyl (C=O) groups is 1. The maximum absolute atomic E-state index is 13.7. The lowest BCUT2D eigenvalue weighted by Gasteiger charge is -2.39. The number of benzene rings is 1. The molecular formula is C31H35ClF6N6O4. The molecule has 5 rings (SSSR count). The Hall–Kier alpha value is -4.05. The quantitative estimate of drug-likeness (QED) is 0.247. The minimum absolute atomic E-state index is 0. The summed E-state index contributed by atoms with van der Waals surface area (Å²) >= 11 is 0. The summed E-state index contributed by atoms with van der Waals surface area (Å²) in [4.78, 5) is 30.1. The molecule has 10 nitrogen and oxygen atoms in total. The van der Waals surface area contributed by atoms with E-state index in [4.69, 9.17) is 14.2 Å². The minimum atomic E-state index is -4.99. The lowest BCUT2D eigenvalue weighted by atomic mass is 9.93. The molecule has 0 bridgehead atoms. The predicted octanol–water partition coefficient (Wildman–Crippen LogP) is 7.07.